The van der Waals surface area contributed by atoms with Crippen molar-refractivity contribution in [2.45, 2.75) is 24.3 Å². The van der Waals surface area contributed by atoms with Gasteiger partial charge in [0, 0.05) is 6.61 Å². The Hall–Kier alpha value is -1.51. The van der Waals surface area contributed by atoms with E-state index in [-0.39, 0.29) is 28.5 Å². The maximum absolute atomic E-state index is 13.8. The third-order valence-corrected chi connectivity index (χ3v) is 4.15. The smallest absolute Gasteiger partial charge is 0.238 e. The van der Waals surface area contributed by atoms with E-state index < -0.39 is 15.8 Å². The maximum Gasteiger partial charge on any atom is 0.238 e. The lowest BCUT2D eigenvalue weighted by Gasteiger charge is -2.14. The number of hydrogen-bond donors (Lipinski definition) is 2. The fourth-order valence-corrected chi connectivity index (χ4v) is 2.60. The SMILES string of the molecule is CC1OCCC1C(=O)Nc1ccc(S(N)(=O)=O)cc1F. The molecule has 1 amide bonds. The molecule has 1 aromatic carbocycles. The van der Waals surface area contributed by atoms with Gasteiger partial charge in [0.05, 0.1) is 22.6 Å². The molecule has 0 radical (unpaired) electrons. The molecule has 0 saturated carbocycles. The highest BCUT2D eigenvalue weighted by atomic mass is 32.2. The molecular formula is C12H15FN2O4S. The first-order valence-electron chi connectivity index (χ1n) is 6.04. The van der Waals surface area contributed by atoms with Gasteiger partial charge < -0.3 is 10.1 Å². The Morgan fingerprint density at radius 3 is 2.70 bits per heavy atom. The second-order valence-electron chi connectivity index (χ2n) is 4.65. The summed E-state index contributed by atoms with van der Waals surface area (Å²) in [6, 6.07) is 3.09. The standard InChI is InChI=1S/C12H15FN2O4S/c1-7-9(4-5-19-7)12(16)15-11-3-2-8(6-10(11)13)20(14,17)18/h2-3,6-7,9H,4-5H2,1H3,(H,15,16)(H2,14,17,18). The van der Waals surface area contributed by atoms with E-state index in [9.17, 15) is 17.6 Å². The van der Waals surface area contributed by atoms with Crippen molar-refractivity contribution in [3.63, 3.8) is 0 Å². The molecule has 2 rings (SSSR count). The van der Waals surface area contributed by atoms with E-state index >= 15 is 0 Å². The Labute approximate surface area is 116 Å². The zero-order valence-corrected chi connectivity index (χ0v) is 11.6. The number of nitrogens with one attached hydrogen (secondary N) is 1. The molecule has 3 N–H and O–H groups in total. The Morgan fingerprint density at radius 1 is 1.50 bits per heavy atom. The Balaban J connectivity index is 2.16. The van der Waals surface area contributed by atoms with E-state index in [2.05, 4.69) is 5.32 Å². The zero-order valence-electron chi connectivity index (χ0n) is 10.8. The summed E-state index contributed by atoms with van der Waals surface area (Å²) in [6.45, 7) is 2.27. The molecule has 2 atom stereocenters. The average Bonchev–Trinajstić information content (AvgIpc) is 2.76. The number of nitrogens with two attached hydrogens (primary N) is 1. The lowest BCUT2D eigenvalue weighted by Crippen LogP contribution is -2.28. The van der Waals surface area contributed by atoms with Crippen LogP contribution in [0.25, 0.3) is 0 Å². The summed E-state index contributed by atoms with van der Waals surface area (Å²) in [5, 5.41) is 7.33. The number of sulfonamides is 1. The second-order valence-corrected chi connectivity index (χ2v) is 6.21. The number of amides is 1. The molecule has 1 saturated heterocycles. The van der Waals surface area contributed by atoms with Crippen LogP contribution in [0.4, 0.5) is 10.1 Å². The van der Waals surface area contributed by atoms with E-state index in [0.717, 1.165) is 12.1 Å². The van der Waals surface area contributed by atoms with Gasteiger partial charge in [-0.2, -0.15) is 0 Å². The minimum absolute atomic E-state index is 0.0819. The summed E-state index contributed by atoms with van der Waals surface area (Å²) in [4.78, 5) is 11.6. The van der Waals surface area contributed by atoms with Crippen LogP contribution in [0.5, 0.6) is 0 Å². The monoisotopic (exact) mass is 302 g/mol. The number of hydrogen-bond acceptors (Lipinski definition) is 4. The lowest BCUT2D eigenvalue weighted by molar-refractivity contribution is -0.121. The fraction of sp³-hybridized carbons (Fsp3) is 0.417. The largest absolute Gasteiger partial charge is 0.378 e. The maximum atomic E-state index is 13.8. The molecule has 6 nitrogen and oxygen atoms in total. The highest BCUT2D eigenvalue weighted by Gasteiger charge is 2.31. The van der Waals surface area contributed by atoms with Crippen LogP contribution in [0.1, 0.15) is 13.3 Å². The van der Waals surface area contributed by atoms with Crippen molar-refractivity contribution in [1.82, 2.24) is 0 Å². The molecular weight excluding hydrogens is 287 g/mol. The molecule has 0 aromatic heterocycles. The van der Waals surface area contributed by atoms with Gasteiger partial charge >= 0.3 is 0 Å². The Kier molecular flexibility index (Phi) is 4.07. The molecule has 1 fully saturated rings. The van der Waals surface area contributed by atoms with Crippen molar-refractivity contribution in [3.05, 3.63) is 24.0 Å². The molecule has 2 unspecified atom stereocenters. The molecule has 1 aliphatic rings. The number of anilines is 1. The van der Waals surface area contributed by atoms with Gasteiger partial charge in [0.25, 0.3) is 0 Å². The number of halogens is 1. The third-order valence-electron chi connectivity index (χ3n) is 3.24. The summed E-state index contributed by atoms with van der Waals surface area (Å²) in [6.07, 6.45) is 0.353. The quantitative estimate of drug-likeness (QED) is 0.864. The number of ether oxygens (including phenoxy) is 1. The normalized spacial score (nSPS) is 22.8. The summed E-state index contributed by atoms with van der Waals surface area (Å²) in [7, 11) is -3.97. The van der Waals surface area contributed by atoms with Crippen molar-refractivity contribution in [1.29, 1.82) is 0 Å². The minimum Gasteiger partial charge on any atom is -0.378 e. The predicted octanol–water partition coefficient (Wildman–Crippen LogP) is 0.837. The van der Waals surface area contributed by atoms with Crippen molar-refractivity contribution < 1.29 is 22.3 Å². The molecule has 1 aliphatic heterocycles. The van der Waals surface area contributed by atoms with Gasteiger partial charge in [-0.15, -0.1) is 0 Å². The molecule has 1 heterocycles. The number of carbonyl (C=O) groups is 1. The Bertz CT molecular complexity index is 632. The van der Waals surface area contributed by atoms with Gasteiger partial charge in [-0.05, 0) is 31.5 Å². The number of carbonyl (C=O) groups excluding carboxylic acids is 1. The minimum atomic E-state index is -3.97. The van der Waals surface area contributed by atoms with Gasteiger partial charge in [-0.1, -0.05) is 0 Å². The van der Waals surface area contributed by atoms with Crippen molar-refractivity contribution >= 4 is 21.6 Å². The molecule has 0 spiro atoms. The van der Waals surface area contributed by atoms with Crippen LogP contribution in [-0.2, 0) is 19.6 Å². The molecule has 0 bridgehead atoms. The van der Waals surface area contributed by atoms with Gasteiger partial charge in [0.15, 0.2) is 0 Å². The molecule has 1 aromatic rings. The van der Waals surface area contributed by atoms with Crippen LogP contribution >= 0.6 is 0 Å². The number of rotatable bonds is 3. The van der Waals surface area contributed by atoms with Crippen LogP contribution in [0.15, 0.2) is 23.1 Å². The Morgan fingerprint density at radius 2 is 2.20 bits per heavy atom. The summed E-state index contributed by atoms with van der Waals surface area (Å²) >= 11 is 0. The van der Waals surface area contributed by atoms with Crippen molar-refractivity contribution in [2.24, 2.45) is 11.1 Å². The van der Waals surface area contributed by atoms with Crippen LogP contribution in [0.2, 0.25) is 0 Å². The van der Waals surface area contributed by atoms with Gasteiger partial charge in [-0.3, -0.25) is 4.79 Å². The molecule has 110 valence electrons. The second kappa shape index (κ2) is 5.47. The van der Waals surface area contributed by atoms with Crippen LogP contribution in [-0.4, -0.2) is 27.0 Å². The van der Waals surface area contributed by atoms with Crippen LogP contribution < -0.4 is 10.5 Å². The number of primary sulfonamides is 1. The topological polar surface area (TPSA) is 98.5 Å². The first-order chi connectivity index (χ1) is 9.29. The number of benzene rings is 1. The molecule has 8 heteroatoms. The third kappa shape index (κ3) is 3.14. The lowest BCUT2D eigenvalue weighted by atomic mass is 10.0. The van der Waals surface area contributed by atoms with Crippen LogP contribution in [0, 0.1) is 11.7 Å². The van der Waals surface area contributed by atoms with Crippen molar-refractivity contribution in [2.75, 3.05) is 11.9 Å². The van der Waals surface area contributed by atoms with E-state index in [1.807, 2.05) is 0 Å². The highest BCUT2D eigenvalue weighted by molar-refractivity contribution is 7.89. The van der Waals surface area contributed by atoms with E-state index in [1.165, 1.54) is 6.07 Å². The average molecular weight is 302 g/mol. The van der Waals surface area contributed by atoms with Gasteiger partial charge in [0.2, 0.25) is 15.9 Å². The zero-order chi connectivity index (χ0) is 14.9. The summed E-state index contributed by atoms with van der Waals surface area (Å²) in [5.74, 6) is -1.54. The predicted molar refractivity (Wildman–Crippen MR) is 69.9 cm³/mol. The van der Waals surface area contributed by atoms with E-state index in [4.69, 9.17) is 9.88 Å². The first kappa shape index (κ1) is 14.9. The van der Waals surface area contributed by atoms with E-state index in [0.29, 0.717) is 13.0 Å². The van der Waals surface area contributed by atoms with E-state index in [1.54, 1.807) is 6.92 Å². The highest BCUT2D eigenvalue weighted by Crippen LogP contribution is 2.24. The van der Waals surface area contributed by atoms with Gasteiger partial charge in [0.1, 0.15) is 5.82 Å². The first-order valence-corrected chi connectivity index (χ1v) is 7.58. The van der Waals surface area contributed by atoms with Crippen molar-refractivity contribution in [3.8, 4) is 0 Å². The molecule has 20 heavy (non-hydrogen) atoms. The molecule has 0 aliphatic carbocycles. The van der Waals surface area contributed by atoms with Gasteiger partial charge in [-0.25, -0.2) is 17.9 Å². The fourth-order valence-electron chi connectivity index (χ4n) is 2.08. The summed E-state index contributed by atoms with van der Waals surface area (Å²) in [5.41, 5.74) is -0.0819. The summed E-state index contributed by atoms with van der Waals surface area (Å²) < 4.78 is 41.2. The van der Waals surface area contributed by atoms with Crippen LogP contribution in [0.3, 0.4) is 0 Å².